The molecule has 2 N–H and O–H groups in total. The summed E-state index contributed by atoms with van der Waals surface area (Å²) in [5, 5.41) is 10.0. The van der Waals surface area contributed by atoms with Crippen LogP contribution < -0.4 is 15.0 Å². The van der Waals surface area contributed by atoms with Gasteiger partial charge in [-0.25, -0.2) is 14.4 Å². The lowest BCUT2D eigenvalue weighted by Gasteiger charge is -2.35. The molecule has 10 heteroatoms. The molecule has 1 aromatic carbocycles. The highest BCUT2D eigenvalue weighted by Crippen LogP contribution is 2.27. The molecule has 2 atom stereocenters. The largest absolute Gasteiger partial charge is 0.497 e. The third-order valence-corrected chi connectivity index (χ3v) is 4.55. The number of hydrogen-bond donors (Lipinski definition) is 2. The van der Waals surface area contributed by atoms with E-state index in [4.69, 9.17) is 9.47 Å². The van der Waals surface area contributed by atoms with Crippen LogP contribution in [0.5, 0.6) is 5.75 Å². The van der Waals surface area contributed by atoms with Gasteiger partial charge in [-0.05, 0) is 26.0 Å². The second-order valence-electron chi connectivity index (χ2n) is 6.91. The lowest BCUT2D eigenvalue weighted by Crippen LogP contribution is -2.46. The van der Waals surface area contributed by atoms with Crippen molar-refractivity contribution in [2.75, 3.05) is 30.4 Å². The van der Waals surface area contributed by atoms with Crippen LogP contribution in [0.3, 0.4) is 0 Å². The van der Waals surface area contributed by atoms with Gasteiger partial charge >= 0.3 is 0 Å². The van der Waals surface area contributed by atoms with Crippen LogP contribution >= 0.6 is 0 Å². The van der Waals surface area contributed by atoms with Gasteiger partial charge < -0.3 is 19.7 Å². The maximum Gasteiger partial charge on any atom is 0.233 e. The monoisotopic (exact) mass is 399 g/mol. The summed E-state index contributed by atoms with van der Waals surface area (Å²) in [5.74, 6) is 1.44. The molecule has 1 aliphatic rings. The zero-order chi connectivity index (χ0) is 20.4. The smallest absolute Gasteiger partial charge is 0.233 e. The Bertz CT molecular complexity index is 986. The molecule has 0 saturated carbocycles. The Morgan fingerprint density at radius 1 is 1.21 bits per heavy atom. The molecule has 2 aromatic heterocycles. The number of benzene rings is 1. The number of methoxy groups -OCH3 is 1. The van der Waals surface area contributed by atoms with E-state index in [0.717, 1.165) is 0 Å². The van der Waals surface area contributed by atoms with E-state index in [2.05, 4.69) is 35.4 Å². The maximum atomic E-state index is 14.3. The van der Waals surface area contributed by atoms with Crippen molar-refractivity contribution in [1.29, 1.82) is 0 Å². The summed E-state index contributed by atoms with van der Waals surface area (Å²) in [7, 11) is 1.49. The van der Waals surface area contributed by atoms with Gasteiger partial charge in [-0.15, -0.1) is 0 Å². The Hall–Kier alpha value is -3.27. The summed E-state index contributed by atoms with van der Waals surface area (Å²) in [6.07, 6.45) is 1.65. The predicted molar refractivity (Wildman–Crippen MR) is 106 cm³/mol. The molecule has 152 valence electrons. The third kappa shape index (κ3) is 4.27. The van der Waals surface area contributed by atoms with Crippen LogP contribution in [0, 0.1) is 5.82 Å². The zero-order valence-electron chi connectivity index (χ0n) is 16.4. The number of rotatable bonds is 5. The minimum absolute atomic E-state index is 0.0974. The first-order chi connectivity index (χ1) is 14.0. The molecule has 0 radical (unpaired) electrons. The number of halogens is 1. The van der Waals surface area contributed by atoms with Gasteiger partial charge in [0.2, 0.25) is 11.9 Å². The minimum atomic E-state index is -0.405. The third-order valence-electron chi connectivity index (χ3n) is 4.55. The van der Waals surface area contributed by atoms with Crippen LogP contribution in [-0.2, 0) is 4.74 Å². The number of hydrogen-bond acceptors (Lipinski definition) is 8. The number of ether oxygens (including phenoxy) is 2. The van der Waals surface area contributed by atoms with Crippen LogP contribution in [0.4, 0.5) is 22.1 Å². The lowest BCUT2D eigenvalue weighted by molar-refractivity contribution is -0.00572. The summed E-state index contributed by atoms with van der Waals surface area (Å²) < 4.78 is 25.1. The average molecular weight is 399 g/mol. The highest BCUT2D eigenvalue weighted by Gasteiger charge is 2.24. The first-order valence-electron chi connectivity index (χ1n) is 9.27. The van der Waals surface area contributed by atoms with Crippen molar-refractivity contribution in [2.24, 2.45) is 0 Å². The quantitative estimate of drug-likeness (QED) is 0.675. The highest BCUT2D eigenvalue weighted by molar-refractivity contribution is 5.65. The van der Waals surface area contributed by atoms with E-state index in [1.807, 2.05) is 13.8 Å². The Balaban J connectivity index is 1.51. The Morgan fingerprint density at radius 2 is 2.00 bits per heavy atom. The van der Waals surface area contributed by atoms with Crippen molar-refractivity contribution in [3.63, 3.8) is 0 Å². The van der Waals surface area contributed by atoms with Gasteiger partial charge in [-0.3, -0.25) is 5.10 Å². The second-order valence-corrected chi connectivity index (χ2v) is 6.91. The van der Waals surface area contributed by atoms with Gasteiger partial charge in [0, 0.05) is 30.8 Å². The number of anilines is 3. The van der Waals surface area contributed by atoms with Crippen LogP contribution in [0.15, 0.2) is 30.6 Å². The fourth-order valence-corrected chi connectivity index (χ4v) is 3.32. The molecule has 3 heterocycles. The molecule has 0 bridgehead atoms. The normalized spacial score (nSPS) is 19.2. The summed E-state index contributed by atoms with van der Waals surface area (Å²) in [5.41, 5.74) is 0.914. The predicted octanol–water partition coefficient (Wildman–Crippen LogP) is 2.77. The molecule has 0 aliphatic carbocycles. The van der Waals surface area contributed by atoms with Gasteiger partial charge in [0.15, 0.2) is 5.82 Å². The summed E-state index contributed by atoms with van der Waals surface area (Å²) in [6.45, 7) is 5.45. The maximum absolute atomic E-state index is 14.3. The van der Waals surface area contributed by atoms with E-state index in [1.54, 1.807) is 18.2 Å². The van der Waals surface area contributed by atoms with Crippen molar-refractivity contribution in [2.45, 2.75) is 26.1 Å². The Kier molecular flexibility index (Phi) is 5.26. The molecule has 4 rings (SSSR count). The summed E-state index contributed by atoms with van der Waals surface area (Å²) in [4.78, 5) is 15.0. The van der Waals surface area contributed by atoms with Gasteiger partial charge in [0.05, 0.1) is 25.0 Å². The number of nitrogens with one attached hydrogen (secondary N) is 2. The van der Waals surface area contributed by atoms with E-state index in [1.165, 1.54) is 19.5 Å². The molecule has 1 aliphatic heterocycles. The molecule has 0 spiro atoms. The molecule has 0 unspecified atom stereocenters. The van der Waals surface area contributed by atoms with Gasteiger partial charge in [-0.1, -0.05) is 0 Å². The van der Waals surface area contributed by atoms with Crippen LogP contribution in [0.25, 0.3) is 11.3 Å². The number of morpholine rings is 1. The van der Waals surface area contributed by atoms with Crippen molar-refractivity contribution in [3.8, 4) is 17.0 Å². The molecular formula is C19H22FN7O2. The van der Waals surface area contributed by atoms with E-state index in [-0.39, 0.29) is 12.2 Å². The number of aromatic amines is 1. The van der Waals surface area contributed by atoms with Crippen LogP contribution in [0.1, 0.15) is 13.8 Å². The molecular weight excluding hydrogens is 377 g/mol. The second kappa shape index (κ2) is 8.00. The molecule has 0 amide bonds. The fourth-order valence-electron chi connectivity index (χ4n) is 3.32. The number of aromatic nitrogens is 5. The number of H-pyrrole nitrogens is 1. The van der Waals surface area contributed by atoms with Crippen molar-refractivity contribution in [1.82, 2.24) is 25.1 Å². The van der Waals surface area contributed by atoms with E-state index >= 15 is 0 Å². The van der Waals surface area contributed by atoms with Crippen LogP contribution in [-0.4, -0.2) is 57.6 Å². The molecule has 1 fully saturated rings. The average Bonchev–Trinajstić information content (AvgIpc) is 3.15. The van der Waals surface area contributed by atoms with Gasteiger partial charge in [-0.2, -0.15) is 10.1 Å². The van der Waals surface area contributed by atoms with E-state index in [0.29, 0.717) is 47.8 Å². The molecule has 3 aromatic rings. The van der Waals surface area contributed by atoms with Gasteiger partial charge in [0.25, 0.3) is 0 Å². The molecule has 1 saturated heterocycles. The van der Waals surface area contributed by atoms with Gasteiger partial charge in [0.1, 0.15) is 17.9 Å². The van der Waals surface area contributed by atoms with Crippen LogP contribution in [0.2, 0.25) is 0 Å². The number of nitrogens with zero attached hydrogens (tertiary/aromatic N) is 5. The first-order valence-corrected chi connectivity index (χ1v) is 9.27. The summed E-state index contributed by atoms with van der Waals surface area (Å²) >= 11 is 0. The Morgan fingerprint density at radius 3 is 2.72 bits per heavy atom. The van der Waals surface area contributed by atoms with E-state index in [9.17, 15) is 4.39 Å². The molecule has 9 nitrogen and oxygen atoms in total. The zero-order valence-corrected chi connectivity index (χ0v) is 16.4. The summed E-state index contributed by atoms with van der Waals surface area (Å²) in [6, 6.07) is 6.33. The van der Waals surface area contributed by atoms with Crippen molar-refractivity contribution >= 4 is 17.7 Å². The topological polar surface area (TPSA) is 101 Å². The lowest BCUT2D eigenvalue weighted by atomic mass is 10.1. The SMILES string of the molecule is COc1ccc(-c2cc(Nc3ncnc(N4C[C@@H](C)O[C@@H](C)C4)n3)n[nH]2)c(F)c1. The van der Waals surface area contributed by atoms with Crippen molar-refractivity contribution < 1.29 is 13.9 Å². The Labute approximate surface area is 167 Å². The minimum Gasteiger partial charge on any atom is -0.497 e. The van der Waals surface area contributed by atoms with Crippen molar-refractivity contribution in [3.05, 3.63) is 36.4 Å². The fraction of sp³-hybridized carbons (Fsp3) is 0.368. The standard InChI is InChI=1S/C19H22FN7O2/c1-11-8-27(9-12(2)29-11)19-22-10-21-18(24-19)23-17-7-16(25-26-17)14-5-4-13(28-3)6-15(14)20/h4-7,10-12H,8-9H2,1-3H3,(H2,21,22,23,24,25,26)/t11-,12+. The van der Waals surface area contributed by atoms with E-state index < -0.39 is 5.82 Å². The molecule has 29 heavy (non-hydrogen) atoms. The highest BCUT2D eigenvalue weighted by atomic mass is 19.1. The first kappa shape index (κ1) is 19.1.